The van der Waals surface area contributed by atoms with Gasteiger partial charge in [-0.1, -0.05) is 0 Å². The quantitative estimate of drug-likeness (QED) is 0.734. The van der Waals surface area contributed by atoms with Gasteiger partial charge in [-0.3, -0.25) is 9.59 Å². The molecule has 1 rings (SSSR count). The molecule has 19 heavy (non-hydrogen) atoms. The molecule has 2 N–H and O–H groups in total. The van der Waals surface area contributed by atoms with Crippen molar-refractivity contribution in [3.63, 3.8) is 0 Å². The largest absolute Gasteiger partial charge is 0.481 e. The lowest BCUT2D eigenvalue weighted by Gasteiger charge is -2.19. The van der Waals surface area contributed by atoms with Gasteiger partial charge in [0.15, 0.2) is 0 Å². The molecule has 1 saturated carbocycles. The van der Waals surface area contributed by atoms with Crippen LogP contribution in [-0.4, -0.2) is 41.9 Å². The smallest absolute Gasteiger partial charge is 0.407 e. The third kappa shape index (κ3) is 4.42. The minimum atomic E-state index is -1.02. The number of esters is 1. The fourth-order valence-corrected chi connectivity index (χ4v) is 1.93. The summed E-state index contributed by atoms with van der Waals surface area (Å²) in [5.74, 6) is -2.61. The van der Waals surface area contributed by atoms with Gasteiger partial charge in [0.25, 0.3) is 0 Å². The average molecular weight is 273 g/mol. The predicted octanol–water partition coefficient (Wildman–Crippen LogP) is 0.773. The van der Waals surface area contributed by atoms with Crippen LogP contribution in [0.3, 0.4) is 0 Å². The van der Waals surface area contributed by atoms with Crippen LogP contribution in [0.2, 0.25) is 0 Å². The number of carbonyl (C=O) groups is 3. The second-order valence-corrected chi connectivity index (χ2v) is 5.48. The molecule has 0 unspecified atom stereocenters. The van der Waals surface area contributed by atoms with Crippen LogP contribution in [-0.2, 0) is 19.1 Å². The topological polar surface area (TPSA) is 102 Å². The molecule has 0 aliphatic heterocycles. The molecule has 0 spiro atoms. The summed E-state index contributed by atoms with van der Waals surface area (Å²) >= 11 is 0. The Morgan fingerprint density at radius 2 is 1.84 bits per heavy atom. The molecule has 0 aromatic carbocycles. The lowest BCUT2D eigenvalue weighted by molar-refractivity contribution is -0.142. The van der Waals surface area contributed by atoms with Gasteiger partial charge < -0.3 is 19.9 Å². The molecule has 7 nitrogen and oxygen atoms in total. The van der Waals surface area contributed by atoms with Crippen LogP contribution < -0.4 is 5.32 Å². The number of hydrogen-bond donors (Lipinski definition) is 2. The lowest BCUT2D eigenvalue weighted by Crippen LogP contribution is -2.35. The zero-order chi connectivity index (χ0) is 14.8. The number of carboxylic acid groups (broad SMARTS) is 1. The molecule has 1 aliphatic rings. The number of nitrogens with one attached hydrogen (secondary N) is 1. The zero-order valence-electron chi connectivity index (χ0n) is 11.4. The monoisotopic (exact) mass is 273 g/mol. The normalized spacial score (nSPS) is 25.4. The number of methoxy groups -OCH3 is 1. The standard InChI is InChI=1S/C12H19NO6/c1-12(2,3)19-11(17)13-9-6(5-7(14)15)8(9)10(16)18-4/h6,8-9H,5H2,1-4H3,(H,13,17)(H,14,15)/t6-,8+,9-/m1/s1. The van der Waals surface area contributed by atoms with E-state index in [0.717, 1.165) is 0 Å². The minimum absolute atomic E-state index is 0.194. The third-order valence-electron chi connectivity index (χ3n) is 2.74. The van der Waals surface area contributed by atoms with Gasteiger partial charge in [-0.15, -0.1) is 0 Å². The first kappa shape index (κ1) is 15.3. The van der Waals surface area contributed by atoms with Crippen LogP contribution in [0.25, 0.3) is 0 Å². The molecule has 0 aromatic heterocycles. The zero-order valence-corrected chi connectivity index (χ0v) is 11.4. The lowest BCUT2D eigenvalue weighted by atomic mass is 10.2. The maximum Gasteiger partial charge on any atom is 0.407 e. The highest BCUT2D eigenvalue weighted by Crippen LogP contribution is 2.42. The Balaban J connectivity index is 2.58. The van der Waals surface area contributed by atoms with E-state index in [9.17, 15) is 14.4 Å². The van der Waals surface area contributed by atoms with Crippen LogP contribution >= 0.6 is 0 Å². The van der Waals surface area contributed by atoms with Gasteiger partial charge in [-0.25, -0.2) is 4.79 Å². The van der Waals surface area contributed by atoms with Gasteiger partial charge in [0.2, 0.25) is 0 Å². The van der Waals surface area contributed by atoms with Gasteiger partial charge in [0, 0.05) is 5.92 Å². The number of ether oxygens (including phenoxy) is 2. The first-order chi connectivity index (χ1) is 8.65. The average Bonchev–Trinajstić information content (AvgIpc) is 2.85. The van der Waals surface area contributed by atoms with E-state index < -0.39 is 41.5 Å². The summed E-state index contributed by atoms with van der Waals surface area (Å²) in [6.45, 7) is 5.14. The molecule has 0 saturated heterocycles. The van der Waals surface area contributed by atoms with Crippen molar-refractivity contribution in [2.75, 3.05) is 7.11 Å². The number of hydrogen-bond acceptors (Lipinski definition) is 5. The van der Waals surface area contributed by atoms with Crippen LogP contribution in [0.5, 0.6) is 0 Å². The van der Waals surface area contributed by atoms with Gasteiger partial charge in [-0.05, 0) is 20.8 Å². The van der Waals surface area contributed by atoms with E-state index in [1.54, 1.807) is 20.8 Å². The Bertz CT molecular complexity index is 386. The number of amides is 1. The number of aliphatic carboxylic acids is 1. The molecule has 108 valence electrons. The Morgan fingerprint density at radius 1 is 1.26 bits per heavy atom. The first-order valence-corrected chi connectivity index (χ1v) is 5.95. The van der Waals surface area contributed by atoms with Crippen molar-refractivity contribution >= 4 is 18.0 Å². The van der Waals surface area contributed by atoms with Gasteiger partial charge in [0.05, 0.1) is 25.5 Å². The van der Waals surface area contributed by atoms with Gasteiger partial charge >= 0.3 is 18.0 Å². The number of alkyl carbamates (subject to hydrolysis) is 1. The molecule has 0 bridgehead atoms. The van der Waals surface area contributed by atoms with E-state index in [-0.39, 0.29) is 6.42 Å². The summed E-state index contributed by atoms with van der Waals surface area (Å²) in [7, 11) is 1.23. The summed E-state index contributed by atoms with van der Waals surface area (Å²) in [5, 5.41) is 11.2. The van der Waals surface area contributed by atoms with Crippen LogP contribution in [0, 0.1) is 11.8 Å². The molecule has 7 heteroatoms. The summed E-state index contributed by atoms with van der Waals surface area (Å²) in [6, 6.07) is -0.543. The van der Waals surface area contributed by atoms with Crippen molar-refractivity contribution in [2.24, 2.45) is 11.8 Å². The predicted molar refractivity (Wildman–Crippen MR) is 64.4 cm³/mol. The van der Waals surface area contributed by atoms with E-state index in [2.05, 4.69) is 10.1 Å². The number of rotatable bonds is 4. The highest BCUT2D eigenvalue weighted by atomic mass is 16.6. The van der Waals surface area contributed by atoms with Gasteiger partial charge in [0.1, 0.15) is 5.60 Å². The molecule has 1 fully saturated rings. The van der Waals surface area contributed by atoms with Crippen molar-refractivity contribution in [1.82, 2.24) is 5.32 Å². The summed E-state index contributed by atoms with van der Waals surface area (Å²) in [4.78, 5) is 33.7. The van der Waals surface area contributed by atoms with Crippen molar-refractivity contribution < 1.29 is 29.0 Å². The molecule has 0 aromatic rings. The summed E-state index contributed by atoms with van der Waals surface area (Å²) in [6.07, 6.45) is -0.862. The van der Waals surface area contributed by atoms with E-state index in [4.69, 9.17) is 9.84 Å². The van der Waals surface area contributed by atoms with Crippen molar-refractivity contribution in [3.05, 3.63) is 0 Å². The van der Waals surface area contributed by atoms with E-state index in [0.29, 0.717) is 0 Å². The SMILES string of the molecule is COC(=O)[C@H]1[C@@H](CC(=O)O)[C@H]1NC(=O)OC(C)(C)C. The van der Waals surface area contributed by atoms with E-state index >= 15 is 0 Å². The van der Waals surface area contributed by atoms with Crippen LogP contribution in [0.1, 0.15) is 27.2 Å². The molecule has 1 amide bonds. The maximum absolute atomic E-state index is 11.6. The Hall–Kier alpha value is -1.79. The highest BCUT2D eigenvalue weighted by molar-refractivity contribution is 5.81. The Labute approximate surface area is 111 Å². The van der Waals surface area contributed by atoms with E-state index in [1.165, 1.54) is 7.11 Å². The molecule has 3 atom stereocenters. The number of carboxylic acids is 1. The Kier molecular flexibility index (Phi) is 4.39. The second kappa shape index (κ2) is 5.46. The highest BCUT2D eigenvalue weighted by Gasteiger charge is 2.57. The summed E-state index contributed by atoms with van der Waals surface area (Å²) < 4.78 is 9.63. The van der Waals surface area contributed by atoms with Crippen molar-refractivity contribution in [2.45, 2.75) is 38.8 Å². The molecule has 1 aliphatic carbocycles. The van der Waals surface area contributed by atoms with Crippen molar-refractivity contribution in [1.29, 1.82) is 0 Å². The van der Waals surface area contributed by atoms with Gasteiger partial charge in [-0.2, -0.15) is 0 Å². The third-order valence-corrected chi connectivity index (χ3v) is 2.74. The minimum Gasteiger partial charge on any atom is -0.481 e. The second-order valence-electron chi connectivity index (χ2n) is 5.48. The van der Waals surface area contributed by atoms with Crippen LogP contribution in [0.15, 0.2) is 0 Å². The molecule has 0 radical (unpaired) electrons. The first-order valence-electron chi connectivity index (χ1n) is 5.95. The van der Waals surface area contributed by atoms with Crippen LogP contribution in [0.4, 0.5) is 4.79 Å². The molecule has 0 heterocycles. The van der Waals surface area contributed by atoms with Crippen molar-refractivity contribution in [3.8, 4) is 0 Å². The summed E-state index contributed by atoms with van der Waals surface area (Å²) in [5.41, 5.74) is -0.651. The molecular formula is C12H19NO6. The van der Waals surface area contributed by atoms with E-state index in [1.807, 2.05) is 0 Å². The fourth-order valence-electron chi connectivity index (χ4n) is 1.93. The fraction of sp³-hybridized carbons (Fsp3) is 0.750. The Morgan fingerprint density at radius 3 is 2.26 bits per heavy atom. The molecular weight excluding hydrogens is 254 g/mol. The number of carbonyl (C=O) groups excluding carboxylic acids is 2. The maximum atomic E-state index is 11.6.